The van der Waals surface area contributed by atoms with E-state index in [4.69, 9.17) is 10.2 Å². The fourth-order valence-corrected chi connectivity index (χ4v) is 2.35. The highest BCUT2D eigenvalue weighted by Crippen LogP contribution is 2.29. The summed E-state index contributed by atoms with van der Waals surface area (Å²) in [5.74, 6) is -0.935. The first-order chi connectivity index (χ1) is 8.15. The Morgan fingerprint density at radius 2 is 2.00 bits per heavy atom. The molecule has 0 aromatic heterocycles. The Balaban J connectivity index is 2.03. The first-order valence-electron chi connectivity index (χ1n) is 6.06. The quantitative estimate of drug-likeness (QED) is 0.733. The number of likely N-dealkylation sites (tertiary alicyclic amines) is 1. The van der Waals surface area contributed by atoms with Crippen LogP contribution in [0.2, 0.25) is 0 Å². The average Bonchev–Trinajstić information content (AvgIpc) is 3.00. The van der Waals surface area contributed by atoms with E-state index in [1.165, 1.54) is 4.90 Å². The molecule has 1 aliphatic carbocycles. The fraction of sp³-hybridized carbons (Fsp3) is 0.818. The number of rotatable bonds is 4. The summed E-state index contributed by atoms with van der Waals surface area (Å²) in [5, 5.41) is 18.0. The standard InChI is InChI=1S/C11H18N2O4/c14-7-6-12(8-3-4-8)11(17)13-5-1-2-9(13)10(15)16/h8-9,14H,1-7H2,(H,15,16)/t9-/m1/s1. The maximum Gasteiger partial charge on any atom is 0.326 e. The molecule has 1 saturated heterocycles. The van der Waals surface area contributed by atoms with Crippen LogP contribution in [0.4, 0.5) is 4.79 Å². The van der Waals surface area contributed by atoms with E-state index in [0.29, 0.717) is 19.5 Å². The molecule has 2 rings (SSSR count). The zero-order valence-corrected chi connectivity index (χ0v) is 9.71. The summed E-state index contributed by atoms with van der Waals surface area (Å²) in [6.07, 6.45) is 3.17. The number of carboxylic acid groups (broad SMARTS) is 1. The van der Waals surface area contributed by atoms with Crippen LogP contribution < -0.4 is 0 Å². The van der Waals surface area contributed by atoms with Gasteiger partial charge in [-0.15, -0.1) is 0 Å². The predicted octanol–water partition coefficient (Wildman–Crippen LogP) is 0.112. The van der Waals surface area contributed by atoms with E-state index in [2.05, 4.69) is 0 Å². The van der Waals surface area contributed by atoms with E-state index in [9.17, 15) is 9.59 Å². The summed E-state index contributed by atoms with van der Waals surface area (Å²) in [7, 11) is 0. The third-order valence-corrected chi connectivity index (χ3v) is 3.36. The van der Waals surface area contributed by atoms with Crippen molar-refractivity contribution in [2.45, 2.75) is 37.8 Å². The molecule has 17 heavy (non-hydrogen) atoms. The van der Waals surface area contributed by atoms with Crippen LogP contribution in [0.15, 0.2) is 0 Å². The number of carbonyl (C=O) groups is 2. The lowest BCUT2D eigenvalue weighted by Gasteiger charge is -2.30. The van der Waals surface area contributed by atoms with Gasteiger partial charge >= 0.3 is 12.0 Å². The smallest absolute Gasteiger partial charge is 0.326 e. The van der Waals surface area contributed by atoms with E-state index in [1.54, 1.807) is 4.90 Å². The Morgan fingerprint density at radius 1 is 1.29 bits per heavy atom. The van der Waals surface area contributed by atoms with Crippen molar-refractivity contribution < 1.29 is 19.8 Å². The average molecular weight is 242 g/mol. The summed E-state index contributed by atoms with van der Waals surface area (Å²) in [6.45, 7) is 0.727. The van der Waals surface area contributed by atoms with Crippen LogP contribution in [-0.4, -0.2) is 63.8 Å². The molecule has 1 aliphatic heterocycles. The number of aliphatic hydroxyl groups is 1. The molecule has 6 heteroatoms. The van der Waals surface area contributed by atoms with Gasteiger partial charge in [-0.3, -0.25) is 0 Å². The first kappa shape index (κ1) is 12.2. The molecule has 2 amide bonds. The molecule has 6 nitrogen and oxygen atoms in total. The zero-order valence-electron chi connectivity index (χ0n) is 9.71. The minimum Gasteiger partial charge on any atom is -0.480 e. The van der Waals surface area contributed by atoms with Crippen molar-refractivity contribution in [1.29, 1.82) is 0 Å². The summed E-state index contributed by atoms with van der Waals surface area (Å²) in [5.41, 5.74) is 0. The van der Waals surface area contributed by atoms with Crippen LogP contribution in [0.3, 0.4) is 0 Å². The second-order valence-corrected chi connectivity index (χ2v) is 4.62. The number of aliphatic hydroxyl groups excluding tert-OH is 1. The fourth-order valence-electron chi connectivity index (χ4n) is 2.35. The maximum atomic E-state index is 12.2. The second-order valence-electron chi connectivity index (χ2n) is 4.62. The third kappa shape index (κ3) is 2.52. The summed E-state index contributed by atoms with van der Waals surface area (Å²) < 4.78 is 0. The lowest BCUT2D eigenvalue weighted by atomic mass is 10.2. The van der Waals surface area contributed by atoms with Crippen LogP contribution in [0.25, 0.3) is 0 Å². The van der Waals surface area contributed by atoms with Gasteiger partial charge in [-0.1, -0.05) is 0 Å². The van der Waals surface area contributed by atoms with Gasteiger partial charge in [0.1, 0.15) is 6.04 Å². The highest BCUT2D eigenvalue weighted by Gasteiger charge is 2.40. The van der Waals surface area contributed by atoms with Crippen molar-refractivity contribution in [3.05, 3.63) is 0 Å². The van der Waals surface area contributed by atoms with Gasteiger partial charge in [0.05, 0.1) is 6.61 Å². The molecule has 0 radical (unpaired) electrons. The van der Waals surface area contributed by atoms with Crippen molar-refractivity contribution in [1.82, 2.24) is 9.80 Å². The number of aliphatic carboxylic acids is 1. The minimum absolute atomic E-state index is 0.0756. The third-order valence-electron chi connectivity index (χ3n) is 3.36. The molecule has 2 fully saturated rings. The highest BCUT2D eigenvalue weighted by atomic mass is 16.4. The maximum absolute atomic E-state index is 12.2. The largest absolute Gasteiger partial charge is 0.480 e. The van der Waals surface area contributed by atoms with Gasteiger partial charge in [0.15, 0.2) is 0 Å². The van der Waals surface area contributed by atoms with Gasteiger partial charge in [0.25, 0.3) is 0 Å². The summed E-state index contributed by atoms with van der Waals surface area (Å²) in [4.78, 5) is 26.3. The normalized spacial score (nSPS) is 23.8. The minimum atomic E-state index is -0.935. The van der Waals surface area contributed by atoms with Gasteiger partial charge in [0.2, 0.25) is 0 Å². The Bertz CT molecular complexity index is 317. The topological polar surface area (TPSA) is 81.1 Å². The zero-order chi connectivity index (χ0) is 12.4. The number of hydrogen-bond acceptors (Lipinski definition) is 3. The molecular formula is C11H18N2O4. The van der Waals surface area contributed by atoms with Crippen molar-refractivity contribution in [3.63, 3.8) is 0 Å². The summed E-state index contributed by atoms with van der Waals surface area (Å²) >= 11 is 0. The number of nitrogens with zero attached hydrogens (tertiary/aromatic N) is 2. The van der Waals surface area contributed by atoms with Crippen LogP contribution in [-0.2, 0) is 4.79 Å². The van der Waals surface area contributed by atoms with Gasteiger partial charge < -0.3 is 20.0 Å². The molecule has 0 unspecified atom stereocenters. The Morgan fingerprint density at radius 3 is 2.53 bits per heavy atom. The Hall–Kier alpha value is -1.30. The first-order valence-corrected chi connectivity index (χ1v) is 6.06. The Labute approximate surface area is 99.8 Å². The molecule has 1 atom stereocenters. The molecule has 0 aromatic rings. The van der Waals surface area contributed by atoms with Crippen molar-refractivity contribution >= 4 is 12.0 Å². The van der Waals surface area contributed by atoms with Crippen LogP contribution in [0.1, 0.15) is 25.7 Å². The molecule has 0 aromatic carbocycles. The molecule has 0 spiro atoms. The van der Waals surface area contributed by atoms with E-state index >= 15 is 0 Å². The van der Waals surface area contributed by atoms with Crippen molar-refractivity contribution in [2.24, 2.45) is 0 Å². The number of urea groups is 1. The van der Waals surface area contributed by atoms with Gasteiger partial charge in [0, 0.05) is 19.1 Å². The molecule has 2 N–H and O–H groups in total. The van der Waals surface area contributed by atoms with Gasteiger partial charge in [-0.05, 0) is 25.7 Å². The van der Waals surface area contributed by atoms with Crippen molar-refractivity contribution in [2.75, 3.05) is 19.7 Å². The van der Waals surface area contributed by atoms with Crippen LogP contribution in [0.5, 0.6) is 0 Å². The van der Waals surface area contributed by atoms with E-state index in [-0.39, 0.29) is 18.7 Å². The lowest BCUT2D eigenvalue weighted by molar-refractivity contribution is -0.141. The molecular weight excluding hydrogens is 224 g/mol. The van der Waals surface area contributed by atoms with Gasteiger partial charge in [-0.2, -0.15) is 0 Å². The molecule has 96 valence electrons. The monoisotopic (exact) mass is 242 g/mol. The molecule has 1 saturated carbocycles. The van der Waals surface area contributed by atoms with Crippen LogP contribution >= 0.6 is 0 Å². The summed E-state index contributed by atoms with van der Waals surface area (Å²) in [6, 6.07) is -0.724. The molecule has 2 aliphatic rings. The SMILES string of the molecule is O=C(O)[C@H]1CCCN1C(=O)N(CCO)C1CC1. The molecule has 1 heterocycles. The molecule has 0 bridgehead atoms. The second kappa shape index (κ2) is 4.91. The van der Waals surface area contributed by atoms with Crippen LogP contribution in [0, 0.1) is 0 Å². The lowest BCUT2D eigenvalue weighted by Crippen LogP contribution is -2.49. The Kier molecular flexibility index (Phi) is 3.51. The number of amides is 2. The number of carboxylic acids is 1. The van der Waals surface area contributed by atoms with E-state index in [0.717, 1.165) is 19.3 Å². The highest BCUT2D eigenvalue weighted by molar-refractivity contribution is 5.83. The number of carbonyl (C=O) groups excluding carboxylic acids is 1. The van der Waals surface area contributed by atoms with Gasteiger partial charge in [-0.25, -0.2) is 9.59 Å². The predicted molar refractivity (Wildman–Crippen MR) is 59.6 cm³/mol. The van der Waals surface area contributed by atoms with E-state index in [1.807, 2.05) is 0 Å². The van der Waals surface area contributed by atoms with Crippen molar-refractivity contribution in [3.8, 4) is 0 Å². The van der Waals surface area contributed by atoms with E-state index < -0.39 is 12.0 Å². The number of hydrogen-bond donors (Lipinski definition) is 2.